The Hall–Kier alpha value is -3.54. The molecule has 1 aliphatic heterocycles. The molecule has 1 unspecified atom stereocenters. The average molecular weight is 359 g/mol. The Labute approximate surface area is 155 Å². The fourth-order valence-corrected chi connectivity index (χ4v) is 3.50. The summed E-state index contributed by atoms with van der Waals surface area (Å²) in [7, 11) is 0. The lowest BCUT2D eigenvalue weighted by Gasteiger charge is -2.25. The maximum atomic E-state index is 12.7. The number of amides is 2. The predicted molar refractivity (Wildman–Crippen MR) is 102 cm³/mol. The summed E-state index contributed by atoms with van der Waals surface area (Å²) in [5, 5.41) is 3.45. The summed E-state index contributed by atoms with van der Waals surface area (Å²) in [6, 6.07) is 7.33. The van der Waals surface area contributed by atoms with Crippen molar-refractivity contribution in [2.24, 2.45) is 10.9 Å². The Bertz CT molecular complexity index is 1130. The van der Waals surface area contributed by atoms with Gasteiger partial charge in [-0.2, -0.15) is 0 Å². The number of nitrogens with zero attached hydrogens (tertiary/aromatic N) is 1. The molecule has 4 rings (SSSR count). The van der Waals surface area contributed by atoms with Gasteiger partial charge in [0.2, 0.25) is 5.91 Å². The van der Waals surface area contributed by atoms with Gasteiger partial charge in [-0.05, 0) is 32.1 Å². The average Bonchev–Trinajstić information content (AvgIpc) is 2.96. The maximum absolute atomic E-state index is 12.7. The van der Waals surface area contributed by atoms with Gasteiger partial charge in [0.05, 0.1) is 11.3 Å². The molecule has 27 heavy (non-hydrogen) atoms. The molecule has 2 amide bonds. The van der Waals surface area contributed by atoms with E-state index >= 15 is 0 Å². The van der Waals surface area contributed by atoms with Gasteiger partial charge in [0.1, 0.15) is 0 Å². The molecule has 1 aromatic carbocycles. The number of carbonyl (C=O) groups is 3. The molecule has 2 aromatic rings. The number of carbonyl (C=O) groups excluding carboxylic acids is 3. The Morgan fingerprint density at radius 3 is 2.70 bits per heavy atom. The lowest BCUT2D eigenvalue weighted by Crippen LogP contribution is -2.32. The number of ketones is 1. The summed E-state index contributed by atoms with van der Waals surface area (Å²) in [4.78, 5) is 43.9. The molecule has 134 valence electrons. The van der Waals surface area contributed by atoms with Crippen LogP contribution >= 0.6 is 0 Å². The number of para-hydroxylation sites is 1. The summed E-state index contributed by atoms with van der Waals surface area (Å²) < 4.78 is 0. The summed E-state index contributed by atoms with van der Waals surface area (Å²) >= 11 is 0. The normalized spacial score (nSPS) is 20.1. The van der Waals surface area contributed by atoms with E-state index in [0.717, 1.165) is 11.1 Å². The number of rotatable bonds is 2. The number of Topliss-reactive ketones (excluding diaryl/α,β-unsaturated/α-hetero) is 1. The van der Waals surface area contributed by atoms with Crippen LogP contribution < -0.4 is 5.32 Å². The van der Waals surface area contributed by atoms with Crippen LogP contribution in [0, 0.1) is 12.8 Å². The van der Waals surface area contributed by atoms with E-state index in [9.17, 15) is 14.4 Å². The van der Waals surface area contributed by atoms with Crippen molar-refractivity contribution in [2.45, 2.75) is 13.8 Å². The molecule has 2 N–H and O–H groups in total. The number of H-pyrrole nitrogens is 1. The number of aromatic nitrogens is 1. The van der Waals surface area contributed by atoms with Crippen LogP contribution in [0.3, 0.4) is 0 Å². The Balaban J connectivity index is 1.65. The van der Waals surface area contributed by atoms with Crippen molar-refractivity contribution in [3.63, 3.8) is 0 Å². The predicted octanol–water partition coefficient (Wildman–Crippen LogP) is 2.77. The molecule has 0 spiro atoms. The first-order chi connectivity index (χ1) is 12.9. The molecule has 1 aromatic heterocycles. The van der Waals surface area contributed by atoms with Crippen molar-refractivity contribution in [1.29, 1.82) is 0 Å². The van der Waals surface area contributed by atoms with Gasteiger partial charge in [0.25, 0.3) is 5.78 Å². The second-order valence-corrected chi connectivity index (χ2v) is 6.66. The van der Waals surface area contributed by atoms with Crippen LogP contribution in [0.25, 0.3) is 10.9 Å². The fraction of sp³-hybridized carbons (Fsp3) is 0.143. The molecule has 6 heteroatoms. The third-order valence-corrected chi connectivity index (χ3v) is 4.76. The quantitative estimate of drug-likeness (QED) is 0.638. The standard InChI is InChI=1S/C21H17N3O3/c1-11-9-18(25)24-17-10-13(7-8-14(11)17)23-21(27)20(26)19-12(2)22-16-6-4-3-5-15(16)19/h3-10,14,22H,1-2H3,(H,24,25). The molecule has 2 aliphatic rings. The van der Waals surface area contributed by atoms with Gasteiger partial charge < -0.3 is 10.3 Å². The van der Waals surface area contributed by atoms with E-state index in [-0.39, 0.29) is 11.8 Å². The van der Waals surface area contributed by atoms with E-state index in [4.69, 9.17) is 0 Å². The second-order valence-electron chi connectivity index (χ2n) is 6.66. The molecule has 0 saturated heterocycles. The summed E-state index contributed by atoms with van der Waals surface area (Å²) in [6.07, 6.45) is 6.72. The minimum atomic E-state index is -0.841. The van der Waals surface area contributed by atoms with Crippen molar-refractivity contribution in [3.05, 3.63) is 71.1 Å². The molecule has 2 heterocycles. The second kappa shape index (κ2) is 6.32. The molecule has 0 bridgehead atoms. The van der Waals surface area contributed by atoms with Crippen molar-refractivity contribution >= 4 is 34.2 Å². The first-order valence-corrected chi connectivity index (χ1v) is 8.57. The number of hydrogen-bond donors (Lipinski definition) is 2. The van der Waals surface area contributed by atoms with Crippen LogP contribution in [-0.4, -0.2) is 28.3 Å². The number of fused-ring (bicyclic) bond motifs is 2. The Morgan fingerprint density at radius 2 is 1.89 bits per heavy atom. The first-order valence-electron chi connectivity index (χ1n) is 8.57. The van der Waals surface area contributed by atoms with Gasteiger partial charge in [-0.1, -0.05) is 29.8 Å². The van der Waals surface area contributed by atoms with Crippen molar-refractivity contribution in [3.8, 4) is 0 Å². The van der Waals surface area contributed by atoms with E-state index in [0.29, 0.717) is 28.1 Å². The smallest absolute Gasteiger partial charge is 0.318 e. The Morgan fingerprint density at radius 1 is 1.11 bits per heavy atom. The number of aryl methyl sites for hydroxylation is 1. The first kappa shape index (κ1) is 16.9. The topological polar surface area (TPSA) is 91.4 Å². The van der Waals surface area contributed by atoms with Crippen molar-refractivity contribution in [1.82, 2.24) is 10.3 Å². The molecule has 6 nitrogen and oxygen atoms in total. The van der Waals surface area contributed by atoms with Gasteiger partial charge in [0, 0.05) is 34.3 Å². The lowest BCUT2D eigenvalue weighted by molar-refractivity contribution is -0.116. The zero-order chi connectivity index (χ0) is 19.1. The molecule has 1 atom stereocenters. The van der Waals surface area contributed by atoms with Crippen molar-refractivity contribution < 1.29 is 14.4 Å². The molecular weight excluding hydrogens is 342 g/mol. The number of aliphatic imine (C=N–C) groups is 1. The summed E-state index contributed by atoms with van der Waals surface area (Å²) in [5.74, 6) is -1.74. The third kappa shape index (κ3) is 2.95. The lowest BCUT2D eigenvalue weighted by atomic mass is 9.89. The SMILES string of the molecule is CC1=CC(=O)NC2=CC(=NC(=O)C(=O)c3c(C)[nH]c4ccccc34)C=CC12. The molecule has 0 fully saturated rings. The van der Waals surface area contributed by atoms with Crippen molar-refractivity contribution in [2.75, 3.05) is 0 Å². The number of nitrogens with one attached hydrogen (secondary N) is 2. The van der Waals surface area contributed by atoms with Crippen LogP contribution in [0.5, 0.6) is 0 Å². The van der Waals surface area contributed by atoms with Crippen LogP contribution in [0.2, 0.25) is 0 Å². The van der Waals surface area contributed by atoms with Crippen LogP contribution in [-0.2, 0) is 9.59 Å². The minimum absolute atomic E-state index is 0.0386. The third-order valence-electron chi connectivity index (χ3n) is 4.76. The van der Waals surface area contributed by atoms with E-state index < -0.39 is 11.7 Å². The highest BCUT2D eigenvalue weighted by Gasteiger charge is 2.26. The van der Waals surface area contributed by atoms with E-state index in [1.807, 2.05) is 31.2 Å². The van der Waals surface area contributed by atoms with Gasteiger partial charge >= 0.3 is 5.91 Å². The number of hydrogen-bond acceptors (Lipinski definition) is 3. The Kier molecular flexibility index (Phi) is 3.96. The van der Waals surface area contributed by atoms with E-state index in [1.54, 1.807) is 31.2 Å². The van der Waals surface area contributed by atoms with Gasteiger partial charge in [-0.25, -0.2) is 4.99 Å². The summed E-state index contributed by atoms with van der Waals surface area (Å²) in [5.41, 5.74) is 3.69. The van der Waals surface area contributed by atoms with E-state index in [1.165, 1.54) is 0 Å². The van der Waals surface area contributed by atoms with Gasteiger partial charge in [-0.15, -0.1) is 0 Å². The zero-order valence-corrected chi connectivity index (χ0v) is 14.9. The highest BCUT2D eigenvalue weighted by Crippen LogP contribution is 2.27. The molecule has 0 radical (unpaired) electrons. The highest BCUT2D eigenvalue weighted by atomic mass is 16.2. The zero-order valence-electron chi connectivity index (χ0n) is 14.9. The summed E-state index contributed by atoms with van der Waals surface area (Å²) in [6.45, 7) is 3.63. The van der Waals surface area contributed by atoms with Crippen LogP contribution in [0.1, 0.15) is 23.0 Å². The fourth-order valence-electron chi connectivity index (χ4n) is 3.50. The monoisotopic (exact) mass is 359 g/mol. The van der Waals surface area contributed by atoms with Crippen LogP contribution in [0.4, 0.5) is 0 Å². The number of benzene rings is 1. The van der Waals surface area contributed by atoms with Crippen LogP contribution in [0.15, 0.2) is 64.8 Å². The molecule has 0 saturated carbocycles. The minimum Gasteiger partial charge on any atom is -0.358 e. The largest absolute Gasteiger partial charge is 0.358 e. The maximum Gasteiger partial charge on any atom is 0.318 e. The highest BCUT2D eigenvalue weighted by molar-refractivity contribution is 6.47. The van der Waals surface area contributed by atoms with Gasteiger partial charge in [0.15, 0.2) is 0 Å². The number of allylic oxidation sites excluding steroid dienone is 3. The van der Waals surface area contributed by atoms with E-state index in [2.05, 4.69) is 15.3 Å². The molecule has 1 aliphatic carbocycles. The number of aromatic amines is 1. The van der Waals surface area contributed by atoms with Gasteiger partial charge in [-0.3, -0.25) is 14.4 Å². The molecular formula is C21H17N3O3.